The average Bonchev–Trinajstić information content (AvgIpc) is 3.42. The van der Waals surface area contributed by atoms with E-state index in [0.717, 1.165) is 24.7 Å². The van der Waals surface area contributed by atoms with Crippen LogP contribution in [0, 0.1) is 12.3 Å². The van der Waals surface area contributed by atoms with Crippen LogP contribution in [0.15, 0.2) is 47.4 Å². The van der Waals surface area contributed by atoms with E-state index in [1.165, 1.54) is 3.97 Å². The molecular formula is C24H27ClN2O6S2. The highest BCUT2D eigenvalue weighted by Gasteiger charge is 2.44. The molecule has 11 heteroatoms. The molecule has 8 nitrogen and oxygen atoms in total. The number of halogens is 1. The van der Waals surface area contributed by atoms with Gasteiger partial charge in [-0.05, 0) is 62.1 Å². The van der Waals surface area contributed by atoms with Gasteiger partial charge in [0, 0.05) is 15.8 Å². The number of rotatable bonds is 9. The highest BCUT2D eigenvalue weighted by Crippen LogP contribution is 2.45. The standard InChI is InChI=1S/C24H27ClN2O6S2/c1-16-4-6-20(7-5-16)35(31,32)27-19(15-26-23(28)24(2)9-10-24)12-18-13-21(25)17(14-22(18)27)8-11-33-34(3,29)30/h4-7,12-14H,8-11,15H2,1-3H3,(H,26,28). The lowest BCUT2D eigenvalue weighted by Gasteiger charge is -2.15. The van der Waals surface area contributed by atoms with Gasteiger partial charge < -0.3 is 5.32 Å². The van der Waals surface area contributed by atoms with Crippen molar-refractivity contribution >= 4 is 48.6 Å². The molecule has 1 aliphatic rings. The maximum atomic E-state index is 13.7. The Hall–Kier alpha value is -2.40. The molecule has 0 unspecified atom stereocenters. The predicted molar refractivity (Wildman–Crippen MR) is 134 cm³/mol. The Bertz CT molecular complexity index is 1510. The summed E-state index contributed by atoms with van der Waals surface area (Å²) in [5.74, 6) is -0.112. The number of hydrogen-bond acceptors (Lipinski definition) is 6. The molecule has 2 aromatic carbocycles. The zero-order valence-electron chi connectivity index (χ0n) is 19.7. The van der Waals surface area contributed by atoms with Crippen LogP contribution in [0.25, 0.3) is 10.9 Å². The van der Waals surface area contributed by atoms with E-state index < -0.39 is 25.6 Å². The van der Waals surface area contributed by atoms with Crippen molar-refractivity contribution in [3.63, 3.8) is 0 Å². The number of aromatic nitrogens is 1. The molecule has 0 aliphatic heterocycles. The van der Waals surface area contributed by atoms with Gasteiger partial charge in [-0.2, -0.15) is 8.42 Å². The Morgan fingerprint density at radius 1 is 1.11 bits per heavy atom. The summed E-state index contributed by atoms with van der Waals surface area (Å²) >= 11 is 6.43. The fourth-order valence-corrected chi connectivity index (χ4v) is 6.01. The average molecular weight is 539 g/mol. The van der Waals surface area contributed by atoms with Gasteiger partial charge in [-0.15, -0.1) is 0 Å². The third-order valence-corrected chi connectivity index (χ3v) is 8.93. The third-order valence-electron chi connectivity index (χ3n) is 6.20. The van der Waals surface area contributed by atoms with Gasteiger partial charge in [-0.1, -0.05) is 36.2 Å². The number of carbonyl (C=O) groups excluding carboxylic acids is 1. The Kier molecular flexibility index (Phi) is 6.78. The molecule has 1 aromatic heterocycles. The van der Waals surface area contributed by atoms with Crippen LogP contribution in [-0.4, -0.2) is 39.6 Å². The lowest BCUT2D eigenvalue weighted by molar-refractivity contribution is -0.125. The Morgan fingerprint density at radius 2 is 1.77 bits per heavy atom. The van der Waals surface area contributed by atoms with Crippen molar-refractivity contribution in [1.29, 1.82) is 0 Å². The molecule has 1 N–H and O–H groups in total. The SMILES string of the molecule is Cc1ccc(S(=O)(=O)n2c(CNC(=O)C3(C)CC3)cc3cc(Cl)c(CCOS(C)(=O)=O)cc32)cc1. The summed E-state index contributed by atoms with van der Waals surface area (Å²) in [4.78, 5) is 12.6. The van der Waals surface area contributed by atoms with E-state index in [9.17, 15) is 21.6 Å². The summed E-state index contributed by atoms with van der Waals surface area (Å²) < 4.78 is 56.2. The minimum absolute atomic E-state index is 0.0261. The molecule has 1 fully saturated rings. The second-order valence-corrected chi connectivity index (χ2v) is 13.1. The molecule has 1 aliphatic carbocycles. The van der Waals surface area contributed by atoms with Crippen molar-refractivity contribution in [3.05, 3.63) is 64.3 Å². The molecule has 3 aromatic rings. The Morgan fingerprint density at radius 3 is 2.37 bits per heavy atom. The first-order valence-corrected chi connectivity index (χ1v) is 14.7. The van der Waals surface area contributed by atoms with Crippen molar-refractivity contribution in [2.75, 3.05) is 12.9 Å². The van der Waals surface area contributed by atoms with Gasteiger partial charge in [0.15, 0.2) is 0 Å². The number of benzene rings is 2. The van der Waals surface area contributed by atoms with Gasteiger partial charge >= 0.3 is 0 Å². The molecule has 1 heterocycles. The highest BCUT2D eigenvalue weighted by atomic mass is 35.5. The zero-order chi connectivity index (χ0) is 25.6. The summed E-state index contributed by atoms with van der Waals surface area (Å²) in [7, 11) is -7.64. The fraction of sp³-hybridized carbons (Fsp3) is 0.375. The second-order valence-electron chi connectivity index (χ2n) is 9.24. The first kappa shape index (κ1) is 25.7. The van der Waals surface area contributed by atoms with Crippen LogP contribution in [0.2, 0.25) is 5.02 Å². The number of aryl methyl sites for hydroxylation is 1. The van der Waals surface area contributed by atoms with Gasteiger partial charge in [-0.3, -0.25) is 8.98 Å². The molecule has 1 amide bonds. The van der Waals surface area contributed by atoms with Gasteiger partial charge in [0.05, 0.1) is 35.5 Å². The minimum Gasteiger partial charge on any atom is -0.350 e. The Balaban J connectivity index is 1.79. The van der Waals surface area contributed by atoms with Crippen LogP contribution in [0.5, 0.6) is 0 Å². The number of carbonyl (C=O) groups is 1. The summed E-state index contributed by atoms with van der Waals surface area (Å²) in [6.07, 6.45) is 2.73. The van der Waals surface area contributed by atoms with Crippen molar-refractivity contribution < 1.29 is 25.8 Å². The number of fused-ring (bicyclic) bond motifs is 1. The first-order chi connectivity index (χ1) is 16.3. The first-order valence-electron chi connectivity index (χ1n) is 11.1. The van der Waals surface area contributed by atoms with E-state index in [1.807, 2.05) is 13.8 Å². The number of nitrogens with zero attached hydrogens (tertiary/aromatic N) is 1. The highest BCUT2D eigenvalue weighted by molar-refractivity contribution is 7.90. The summed E-state index contributed by atoms with van der Waals surface area (Å²) in [6, 6.07) is 11.5. The van der Waals surface area contributed by atoms with E-state index in [1.54, 1.807) is 42.5 Å². The van der Waals surface area contributed by atoms with Crippen LogP contribution >= 0.6 is 11.6 Å². The quantitative estimate of drug-likeness (QED) is 0.415. The number of nitrogens with one attached hydrogen (secondary N) is 1. The largest absolute Gasteiger partial charge is 0.350 e. The maximum Gasteiger partial charge on any atom is 0.268 e. The van der Waals surface area contributed by atoms with E-state index in [2.05, 4.69) is 5.32 Å². The van der Waals surface area contributed by atoms with Crippen LogP contribution < -0.4 is 5.32 Å². The lowest BCUT2D eigenvalue weighted by atomic mass is 10.1. The van der Waals surface area contributed by atoms with E-state index in [4.69, 9.17) is 15.8 Å². The smallest absolute Gasteiger partial charge is 0.268 e. The lowest BCUT2D eigenvalue weighted by Crippen LogP contribution is -2.31. The van der Waals surface area contributed by atoms with Crippen molar-refractivity contribution in [2.45, 2.75) is 44.6 Å². The van der Waals surface area contributed by atoms with Gasteiger partial charge in [-0.25, -0.2) is 12.4 Å². The van der Waals surface area contributed by atoms with Crippen molar-refractivity contribution in [3.8, 4) is 0 Å². The van der Waals surface area contributed by atoms with Crippen molar-refractivity contribution in [1.82, 2.24) is 9.29 Å². The minimum atomic E-state index is -4.02. The fourth-order valence-electron chi connectivity index (χ4n) is 3.82. The van der Waals surface area contributed by atoms with E-state index in [-0.39, 0.29) is 30.4 Å². The van der Waals surface area contributed by atoms with Gasteiger partial charge in [0.2, 0.25) is 5.91 Å². The second kappa shape index (κ2) is 9.24. The topological polar surface area (TPSA) is 112 Å². The molecular weight excluding hydrogens is 512 g/mol. The third kappa shape index (κ3) is 5.55. The number of amides is 1. The molecule has 4 rings (SSSR count). The molecule has 0 atom stereocenters. The van der Waals surface area contributed by atoms with Crippen LogP contribution in [0.4, 0.5) is 0 Å². The maximum absolute atomic E-state index is 13.7. The van der Waals surface area contributed by atoms with Gasteiger partial charge in [0.1, 0.15) is 0 Å². The van der Waals surface area contributed by atoms with Gasteiger partial charge in [0.25, 0.3) is 20.1 Å². The molecule has 1 saturated carbocycles. The molecule has 0 radical (unpaired) electrons. The normalized spacial score (nSPS) is 15.3. The molecule has 0 bridgehead atoms. The zero-order valence-corrected chi connectivity index (χ0v) is 22.1. The Labute approximate surface area is 210 Å². The van der Waals surface area contributed by atoms with E-state index in [0.29, 0.717) is 27.2 Å². The van der Waals surface area contributed by atoms with Crippen molar-refractivity contribution in [2.24, 2.45) is 5.41 Å². The number of hydrogen-bond donors (Lipinski definition) is 1. The summed E-state index contributed by atoms with van der Waals surface area (Å²) in [6.45, 7) is 3.65. The predicted octanol–water partition coefficient (Wildman–Crippen LogP) is 3.78. The molecule has 0 saturated heterocycles. The van der Waals surface area contributed by atoms with Crippen LogP contribution in [-0.2, 0) is 42.1 Å². The van der Waals surface area contributed by atoms with E-state index >= 15 is 0 Å². The molecule has 188 valence electrons. The molecule has 0 spiro atoms. The van der Waals surface area contributed by atoms with Crippen LogP contribution in [0.3, 0.4) is 0 Å². The summed E-state index contributed by atoms with van der Waals surface area (Å²) in [5.41, 5.74) is 1.83. The van der Waals surface area contributed by atoms with Crippen LogP contribution in [0.1, 0.15) is 36.6 Å². The summed E-state index contributed by atoms with van der Waals surface area (Å²) in [5, 5.41) is 3.82. The molecule has 35 heavy (non-hydrogen) atoms. The monoisotopic (exact) mass is 538 g/mol.